The summed E-state index contributed by atoms with van der Waals surface area (Å²) in [7, 11) is 0. The third-order valence-electron chi connectivity index (χ3n) is 3.53. The van der Waals surface area contributed by atoms with E-state index in [4.69, 9.17) is 0 Å². The lowest BCUT2D eigenvalue weighted by atomic mass is 10.1. The van der Waals surface area contributed by atoms with Gasteiger partial charge in [-0.2, -0.15) is 0 Å². The predicted molar refractivity (Wildman–Crippen MR) is 72.5 cm³/mol. The number of benzene rings is 1. The van der Waals surface area contributed by atoms with E-state index in [1.165, 1.54) is 6.42 Å². The molecule has 0 radical (unpaired) electrons. The van der Waals surface area contributed by atoms with E-state index in [-0.39, 0.29) is 5.56 Å². The molecule has 2 aromatic rings. The first-order valence-corrected chi connectivity index (χ1v) is 6.49. The van der Waals surface area contributed by atoms with E-state index in [1.54, 1.807) is 11.0 Å². The van der Waals surface area contributed by atoms with Gasteiger partial charge >= 0.3 is 0 Å². The highest BCUT2D eigenvalue weighted by molar-refractivity contribution is 5.77. The van der Waals surface area contributed by atoms with Crippen LogP contribution in [0.3, 0.4) is 0 Å². The van der Waals surface area contributed by atoms with Crippen LogP contribution < -0.4 is 10.6 Å². The molecule has 0 spiro atoms. The van der Waals surface area contributed by atoms with Gasteiger partial charge < -0.3 is 5.01 Å². The molecular formula is C14H17N3O. The van der Waals surface area contributed by atoms with Crippen molar-refractivity contribution < 1.29 is 0 Å². The van der Waals surface area contributed by atoms with E-state index in [0.29, 0.717) is 5.39 Å². The number of piperidine rings is 1. The SMILES string of the molecule is Cc1ccc2ncn(N3CCCCC3)c(=O)c2c1. The molecule has 1 fully saturated rings. The molecule has 2 heterocycles. The summed E-state index contributed by atoms with van der Waals surface area (Å²) in [6, 6.07) is 5.82. The maximum absolute atomic E-state index is 12.5. The molecule has 0 atom stereocenters. The van der Waals surface area contributed by atoms with Gasteiger partial charge in [-0.25, -0.2) is 9.66 Å². The van der Waals surface area contributed by atoms with E-state index in [1.807, 2.05) is 25.1 Å². The molecule has 3 rings (SSSR count). The fourth-order valence-corrected chi connectivity index (χ4v) is 2.52. The molecule has 1 aliphatic rings. The average molecular weight is 243 g/mol. The van der Waals surface area contributed by atoms with E-state index < -0.39 is 0 Å². The topological polar surface area (TPSA) is 38.1 Å². The number of aryl methyl sites for hydroxylation is 1. The molecule has 1 aromatic heterocycles. The Kier molecular flexibility index (Phi) is 2.78. The fraction of sp³-hybridized carbons (Fsp3) is 0.429. The minimum absolute atomic E-state index is 0.0469. The minimum atomic E-state index is 0.0469. The number of hydrogen-bond acceptors (Lipinski definition) is 3. The summed E-state index contributed by atoms with van der Waals surface area (Å²) in [6.45, 7) is 3.88. The average Bonchev–Trinajstić information content (AvgIpc) is 2.41. The second-order valence-corrected chi connectivity index (χ2v) is 4.93. The summed E-state index contributed by atoms with van der Waals surface area (Å²) in [5, 5.41) is 2.81. The summed E-state index contributed by atoms with van der Waals surface area (Å²) in [5.74, 6) is 0. The number of hydrogen-bond donors (Lipinski definition) is 0. The molecule has 4 nitrogen and oxygen atoms in total. The summed E-state index contributed by atoms with van der Waals surface area (Å²) in [4.78, 5) is 16.8. The van der Waals surface area contributed by atoms with Crippen LogP contribution in [-0.2, 0) is 0 Å². The molecule has 1 aliphatic heterocycles. The van der Waals surface area contributed by atoms with Crippen LogP contribution in [-0.4, -0.2) is 22.7 Å². The normalized spacial score (nSPS) is 16.2. The van der Waals surface area contributed by atoms with Crippen LogP contribution in [0.2, 0.25) is 0 Å². The molecule has 94 valence electrons. The third kappa shape index (κ3) is 1.88. The summed E-state index contributed by atoms with van der Waals surface area (Å²) < 4.78 is 1.68. The van der Waals surface area contributed by atoms with E-state index >= 15 is 0 Å². The lowest BCUT2D eigenvalue weighted by molar-refractivity contribution is 0.468. The highest BCUT2D eigenvalue weighted by Crippen LogP contribution is 2.11. The summed E-state index contributed by atoms with van der Waals surface area (Å²) in [6.07, 6.45) is 5.22. The Labute approximate surface area is 106 Å². The third-order valence-corrected chi connectivity index (χ3v) is 3.53. The summed E-state index contributed by atoms with van der Waals surface area (Å²) in [5.41, 5.74) is 1.92. The predicted octanol–water partition coefficient (Wildman–Crippen LogP) is 1.83. The van der Waals surface area contributed by atoms with Crippen LogP contribution in [0.25, 0.3) is 10.9 Å². The fourth-order valence-electron chi connectivity index (χ4n) is 2.52. The second-order valence-electron chi connectivity index (χ2n) is 4.93. The largest absolute Gasteiger partial charge is 0.309 e. The number of aromatic nitrogens is 2. The van der Waals surface area contributed by atoms with Gasteiger partial charge in [0.1, 0.15) is 6.33 Å². The molecule has 0 N–H and O–H groups in total. The molecule has 0 saturated carbocycles. The maximum Gasteiger partial charge on any atom is 0.279 e. The molecule has 0 amide bonds. The van der Waals surface area contributed by atoms with Crippen molar-refractivity contribution in [2.45, 2.75) is 26.2 Å². The molecule has 0 unspecified atom stereocenters. The monoisotopic (exact) mass is 243 g/mol. The van der Waals surface area contributed by atoms with Gasteiger partial charge in [-0.3, -0.25) is 4.79 Å². The lowest BCUT2D eigenvalue weighted by Gasteiger charge is -2.29. The number of nitrogens with zero attached hydrogens (tertiary/aromatic N) is 3. The zero-order chi connectivity index (χ0) is 12.5. The number of fused-ring (bicyclic) bond motifs is 1. The number of rotatable bonds is 1. The molecule has 0 aliphatic carbocycles. The lowest BCUT2D eigenvalue weighted by Crippen LogP contribution is -2.45. The molecular weight excluding hydrogens is 226 g/mol. The summed E-state index contributed by atoms with van der Waals surface area (Å²) >= 11 is 0. The molecule has 1 aromatic carbocycles. The van der Waals surface area contributed by atoms with Crippen molar-refractivity contribution >= 4 is 10.9 Å². The van der Waals surface area contributed by atoms with Gasteiger partial charge in [0, 0.05) is 13.1 Å². The van der Waals surface area contributed by atoms with Crippen LogP contribution in [0, 0.1) is 6.92 Å². The second kappa shape index (κ2) is 4.44. The van der Waals surface area contributed by atoms with Gasteiger partial charge in [0.15, 0.2) is 0 Å². The molecule has 1 saturated heterocycles. The smallest absolute Gasteiger partial charge is 0.279 e. The van der Waals surface area contributed by atoms with Gasteiger partial charge in [-0.1, -0.05) is 11.6 Å². The van der Waals surface area contributed by atoms with Gasteiger partial charge in [0.25, 0.3) is 5.56 Å². The Bertz CT molecular complexity index is 626. The van der Waals surface area contributed by atoms with Crippen molar-refractivity contribution in [3.05, 3.63) is 40.4 Å². The highest BCUT2D eigenvalue weighted by Gasteiger charge is 2.13. The van der Waals surface area contributed by atoms with Crippen LogP contribution in [0.15, 0.2) is 29.3 Å². The Morgan fingerprint density at radius 1 is 1.17 bits per heavy atom. The first-order valence-electron chi connectivity index (χ1n) is 6.49. The van der Waals surface area contributed by atoms with Crippen LogP contribution in [0.4, 0.5) is 0 Å². The van der Waals surface area contributed by atoms with Crippen molar-refractivity contribution in [2.75, 3.05) is 18.1 Å². The van der Waals surface area contributed by atoms with E-state index in [0.717, 1.165) is 37.0 Å². The zero-order valence-corrected chi connectivity index (χ0v) is 10.6. The van der Waals surface area contributed by atoms with Crippen molar-refractivity contribution in [3.8, 4) is 0 Å². The van der Waals surface area contributed by atoms with Crippen molar-refractivity contribution in [1.29, 1.82) is 0 Å². The molecule has 0 bridgehead atoms. The zero-order valence-electron chi connectivity index (χ0n) is 10.6. The quantitative estimate of drug-likeness (QED) is 0.767. The Balaban J connectivity index is 2.13. The van der Waals surface area contributed by atoms with Crippen LogP contribution in [0.5, 0.6) is 0 Å². The van der Waals surface area contributed by atoms with Crippen molar-refractivity contribution in [3.63, 3.8) is 0 Å². The molecule has 18 heavy (non-hydrogen) atoms. The van der Waals surface area contributed by atoms with Gasteiger partial charge in [-0.05, 0) is 38.3 Å². The van der Waals surface area contributed by atoms with Crippen molar-refractivity contribution in [1.82, 2.24) is 9.66 Å². The van der Waals surface area contributed by atoms with Crippen LogP contribution in [0.1, 0.15) is 24.8 Å². The Hall–Kier alpha value is -1.84. The standard InChI is InChI=1S/C14H17N3O/c1-11-5-6-13-12(9-11)14(18)17(10-15-13)16-7-3-2-4-8-16/h5-6,9-10H,2-4,7-8H2,1H3. The highest BCUT2D eigenvalue weighted by atomic mass is 16.1. The maximum atomic E-state index is 12.5. The van der Waals surface area contributed by atoms with Gasteiger partial charge in [-0.15, -0.1) is 0 Å². The molecule has 4 heteroatoms. The van der Waals surface area contributed by atoms with Gasteiger partial charge in [0.2, 0.25) is 0 Å². The first kappa shape index (κ1) is 11.3. The Morgan fingerprint density at radius 2 is 1.94 bits per heavy atom. The Morgan fingerprint density at radius 3 is 2.72 bits per heavy atom. The minimum Gasteiger partial charge on any atom is -0.309 e. The first-order chi connectivity index (χ1) is 8.75. The van der Waals surface area contributed by atoms with Gasteiger partial charge in [0.05, 0.1) is 10.9 Å². The van der Waals surface area contributed by atoms with Crippen LogP contribution >= 0.6 is 0 Å². The van der Waals surface area contributed by atoms with E-state index in [2.05, 4.69) is 9.99 Å². The van der Waals surface area contributed by atoms with Crippen molar-refractivity contribution in [2.24, 2.45) is 0 Å². The van der Waals surface area contributed by atoms with E-state index in [9.17, 15) is 4.79 Å².